The van der Waals surface area contributed by atoms with E-state index in [9.17, 15) is 24.3 Å². The summed E-state index contributed by atoms with van der Waals surface area (Å²) in [5, 5.41) is 16.7. The molecule has 4 unspecified atom stereocenters. The van der Waals surface area contributed by atoms with Gasteiger partial charge in [0, 0.05) is 0 Å². The number of amides is 3. The van der Waals surface area contributed by atoms with Crippen molar-refractivity contribution in [1.82, 2.24) is 16.0 Å². The SMILES string of the molecule is CCC(C)C(NC(=O)C(CCCCN)NC(=O)CNC(=O)C(C)N)C(=O)O. The van der Waals surface area contributed by atoms with E-state index in [1.807, 2.05) is 6.92 Å². The number of carboxylic acid groups (broad SMARTS) is 1. The third kappa shape index (κ3) is 9.90. The Balaban J connectivity index is 4.94. The minimum atomic E-state index is -1.13. The molecule has 4 atom stereocenters. The van der Waals surface area contributed by atoms with Crippen LogP contribution in [0.15, 0.2) is 0 Å². The lowest BCUT2D eigenvalue weighted by atomic mass is 9.98. The zero-order chi connectivity index (χ0) is 21.0. The molecule has 3 amide bonds. The van der Waals surface area contributed by atoms with Gasteiger partial charge in [0.2, 0.25) is 17.7 Å². The van der Waals surface area contributed by atoms with E-state index in [0.29, 0.717) is 32.2 Å². The Morgan fingerprint density at radius 3 is 2.15 bits per heavy atom. The van der Waals surface area contributed by atoms with Crippen molar-refractivity contribution in [2.24, 2.45) is 17.4 Å². The zero-order valence-corrected chi connectivity index (χ0v) is 16.3. The molecule has 0 heterocycles. The van der Waals surface area contributed by atoms with Crippen LogP contribution in [0.4, 0.5) is 0 Å². The van der Waals surface area contributed by atoms with E-state index in [2.05, 4.69) is 16.0 Å². The first kappa shape index (κ1) is 24.8. The zero-order valence-electron chi connectivity index (χ0n) is 16.3. The van der Waals surface area contributed by atoms with Gasteiger partial charge in [-0.3, -0.25) is 14.4 Å². The van der Waals surface area contributed by atoms with Crippen molar-refractivity contribution in [3.05, 3.63) is 0 Å². The second-order valence-corrected chi connectivity index (χ2v) is 6.62. The number of nitrogens with two attached hydrogens (primary N) is 2. The van der Waals surface area contributed by atoms with Gasteiger partial charge in [0.25, 0.3) is 0 Å². The average Bonchev–Trinajstić information content (AvgIpc) is 2.62. The van der Waals surface area contributed by atoms with Gasteiger partial charge in [-0.15, -0.1) is 0 Å². The third-order valence-corrected chi connectivity index (χ3v) is 4.21. The maximum atomic E-state index is 12.5. The van der Waals surface area contributed by atoms with Gasteiger partial charge in [-0.2, -0.15) is 0 Å². The molecule has 0 aliphatic carbocycles. The predicted molar refractivity (Wildman–Crippen MR) is 101 cm³/mol. The van der Waals surface area contributed by atoms with Crippen molar-refractivity contribution in [3.8, 4) is 0 Å². The van der Waals surface area contributed by atoms with Crippen molar-refractivity contribution in [2.75, 3.05) is 13.1 Å². The fourth-order valence-corrected chi connectivity index (χ4v) is 2.27. The van der Waals surface area contributed by atoms with E-state index in [1.165, 1.54) is 6.92 Å². The Morgan fingerprint density at radius 2 is 1.67 bits per heavy atom. The van der Waals surface area contributed by atoms with Crippen LogP contribution in [0.1, 0.15) is 46.5 Å². The van der Waals surface area contributed by atoms with Crippen LogP contribution in [0.3, 0.4) is 0 Å². The number of carboxylic acids is 1. The topological polar surface area (TPSA) is 177 Å². The number of aliphatic carboxylic acids is 1. The second kappa shape index (κ2) is 13.0. The highest BCUT2D eigenvalue weighted by molar-refractivity contribution is 5.92. The molecule has 0 saturated heterocycles. The average molecular weight is 387 g/mol. The van der Waals surface area contributed by atoms with Gasteiger partial charge in [0.1, 0.15) is 12.1 Å². The summed E-state index contributed by atoms with van der Waals surface area (Å²) in [7, 11) is 0. The summed E-state index contributed by atoms with van der Waals surface area (Å²) in [4.78, 5) is 47.4. The molecule has 0 aromatic carbocycles. The van der Waals surface area contributed by atoms with Crippen molar-refractivity contribution in [1.29, 1.82) is 0 Å². The molecule has 0 aromatic rings. The summed E-state index contributed by atoms with van der Waals surface area (Å²) in [6, 6.07) is -2.72. The fourth-order valence-electron chi connectivity index (χ4n) is 2.27. The Morgan fingerprint density at radius 1 is 1.04 bits per heavy atom. The van der Waals surface area contributed by atoms with Crippen molar-refractivity contribution < 1.29 is 24.3 Å². The third-order valence-electron chi connectivity index (χ3n) is 4.21. The van der Waals surface area contributed by atoms with E-state index in [0.717, 1.165) is 0 Å². The molecule has 0 aromatic heterocycles. The standard InChI is InChI=1S/C17H33N5O5/c1-4-10(2)14(17(26)27)22-16(25)12(7-5-6-8-18)21-13(23)9-20-15(24)11(3)19/h10-12,14H,4-9,18-19H2,1-3H3,(H,20,24)(H,21,23)(H,22,25)(H,26,27). The largest absolute Gasteiger partial charge is 0.480 e. The fraction of sp³-hybridized carbons (Fsp3) is 0.765. The first-order chi connectivity index (χ1) is 12.6. The van der Waals surface area contributed by atoms with Gasteiger partial charge >= 0.3 is 5.97 Å². The molecule has 0 aliphatic heterocycles. The van der Waals surface area contributed by atoms with Gasteiger partial charge in [-0.25, -0.2) is 4.79 Å². The van der Waals surface area contributed by atoms with Crippen LogP contribution in [0.25, 0.3) is 0 Å². The quantitative estimate of drug-likeness (QED) is 0.212. The summed E-state index contributed by atoms with van der Waals surface area (Å²) in [6.07, 6.45) is 2.13. The van der Waals surface area contributed by atoms with Crippen molar-refractivity contribution in [3.63, 3.8) is 0 Å². The first-order valence-corrected chi connectivity index (χ1v) is 9.19. The smallest absolute Gasteiger partial charge is 0.326 e. The second-order valence-electron chi connectivity index (χ2n) is 6.62. The van der Waals surface area contributed by atoms with Crippen LogP contribution in [-0.2, 0) is 19.2 Å². The van der Waals surface area contributed by atoms with Gasteiger partial charge in [-0.05, 0) is 38.6 Å². The predicted octanol–water partition coefficient (Wildman–Crippen LogP) is -1.32. The Bertz CT molecular complexity index is 512. The number of hydrogen-bond donors (Lipinski definition) is 6. The lowest BCUT2D eigenvalue weighted by Gasteiger charge is -2.24. The summed E-state index contributed by atoms with van der Waals surface area (Å²) >= 11 is 0. The maximum Gasteiger partial charge on any atom is 0.326 e. The van der Waals surface area contributed by atoms with E-state index in [1.54, 1.807) is 6.92 Å². The number of nitrogens with one attached hydrogen (secondary N) is 3. The summed E-state index contributed by atoms with van der Waals surface area (Å²) in [5.74, 6) is -3.03. The van der Waals surface area contributed by atoms with E-state index >= 15 is 0 Å². The molecule has 156 valence electrons. The van der Waals surface area contributed by atoms with E-state index < -0.39 is 41.8 Å². The van der Waals surface area contributed by atoms with Crippen LogP contribution < -0.4 is 27.4 Å². The van der Waals surface area contributed by atoms with Crippen LogP contribution in [0.2, 0.25) is 0 Å². The highest BCUT2D eigenvalue weighted by Crippen LogP contribution is 2.09. The highest BCUT2D eigenvalue weighted by Gasteiger charge is 2.29. The summed E-state index contributed by atoms with van der Waals surface area (Å²) in [6.45, 7) is 5.16. The van der Waals surface area contributed by atoms with Crippen LogP contribution in [0, 0.1) is 5.92 Å². The molecule has 0 fully saturated rings. The molecule has 0 saturated carbocycles. The minimum Gasteiger partial charge on any atom is -0.480 e. The Hall–Kier alpha value is -2.20. The van der Waals surface area contributed by atoms with E-state index in [4.69, 9.17) is 11.5 Å². The highest BCUT2D eigenvalue weighted by atomic mass is 16.4. The number of carbonyl (C=O) groups excluding carboxylic acids is 3. The molecular weight excluding hydrogens is 354 g/mol. The van der Waals surface area contributed by atoms with Crippen molar-refractivity contribution >= 4 is 23.7 Å². The van der Waals surface area contributed by atoms with Gasteiger partial charge in [-0.1, -0.05) is 20.3 Å². The Kier molecular flexibility index (Phi) is 12.0. The molecule has 0 aliphatic rings. The van der Waals surface area contributed by atoms with Gasteiger partial charge in [0.15, 0.2) is 0 Å². The van der Waals surface area contributed by atoms with Crippen LogP contribution >= 0.6 is 0 Å². The number of unbranched alkanes of at least 4 members (excludes halogenated alkanes) is 1. The van der Waals surface area contributed by atoms with Crippen molar-refractivity contribution in [2.45, 2.75) is 64.6 Å². The van der Waals surface area contributed by atoms with Gasteiger partial charge in [0.05, 0.1) is 12.6 Å². The minimum absolute atomic E-state index is 0.267. The maximum absolute atomic E-state index is 12.5. The Labute approximate surface area is 159 Å². The molecule has 8 N–H and O–H groups in total. The number of rotatable bonds is 13. The molecule has 0 bridgehead atoms. The molecule has 0 radical (unpaired) electrons. The number of hydrogen-bond acceptors (Lipinski definition) is 6. The molecular formula is C17H33N5O5. The monoisotopic (exact) mass is 387 g/mol. The van der Waals surface area contributed by atoms with Gasteiger partial charge < -0.3 is 32.5 Å². The molecule has 0 spiro atoms. The summed E-state index contributed by atoms with van der Waals surface area (Å²) < 4.78 is 0. The lowest BCUT2D eigenvalue weighted by molar-refractivity contribution is -0.143. The molecule has 10 heteroatoms. The van der Waals surface area contributed by atoms with Crippen LogP contribution in [-0.4, -0.2) is 60.0 Å². The molecule has 10 nitrogen and oxygen atoms in total. The molecule has 27 heavy (non-hydrogen) atoms. The summed E-state index contributed by atoms with van der Waals surface area (Å²) in [5.41, 5.74) is 10.9. The number of carbonyl (C=O) groups is 4. The first-order valence-electron chi connectivity index (χ1n) is 9.19. The lowest BCUT2D eigenvalue weighted by Crippen LogP contribution is -2.54. The van der Waals surface area contributed by atoms with Crippen LogP contribution in [0.5, 0.6) is 0 Å². The van der Waals surface area contributed by atoms with E-state index in [-0.39, 0.29) is 12.5 Å². The molecule has 0 rings (SSSR count). The normalized spacial score (nSPS) is 15.1.